The number of nitrogens with zero attached hydrogens (tertiary/aromatic N) is 7. The van der Waals surface area contributed by atoms with Crippen LogP contribution in [-0.4, -0.2) is 61.9 Å². The van der Waals surface area contributed by atoms with E-state index in [-0.39, 0.29) is 39.6 Å². The molecule has 0 aliphatic carbocycles. The molecule has 29 heteroatoms. The van der Waals surface area contributed by atoms with Crippen molar-refractivity contribution in [3.63, 3.8) is 0 Å². The second-order valence-corrected chi connectivity index (χ2v) is 18.7. The summed E-state index contributed by atoms with van der Waals surface area (Å²) >= 11 is 0. The van der Waals surface area contributed by atoms with E-state index >= 15 is 0 Å². The molecule has 6 aromatic rings. The number of phenolic OH excluding ortho intramolecular Hbond substituents is 1. The summed E-state index contributed by atoms with van der Waals surface area (Å²) in [7, 11) is -20.7. The summed E-state index contributed by atoms with van der Waals surface area (Å²) in [4.78, 5) is 6.50. The molecule has 0 amide bonds. The topological polar surface area (TPSA) is 433 Å². The molecule has 65 heavy (non-hydrogen) atoms. The van der Waals surface area contributed by atoms with E-state index in [1.165, 1.54) is 30.3 Å². The third-order valence-corrected chi connectivity index (χ3v) is 12.3. The molecular formula is C36H28N10O15S4. The Morgan fingerprint density at radius 1 is 0.523 bits per heavy atom. The molecule has 0 radical (unpaired) electrons. The molecule has 0 bridgehead atoms. The van der Waals surface area contributed by atoms with Crippen molar-refractivity contribution >= 4 is 120 Å². The summed E-state index contributed by atoms with van der Waals surface area (Å²) in [6.45, 7) is 0. The summed E-state index contributed by atoms with van der Waals surface area (Å²) in [5, 5.41) is 44.1. The van der Waals surface area contributed by atoms with Crippen LogP contribution >= 0.6 is 0 Å². The van der Waals surface area contributed by atoms with Crippen LogP contribution in [0.3, 0.4) is 0 Å². The Balaban J connectivity index is 1.41. The molecule has 0 spiro atoms. The van der Waals surface area contributed by atoms with Crippen molar-refractivity contribution in [2.45, 2.75) is 19.6 Å². The lowest BCUT2D eigenvalue weighted by atomic mass is 10.1. The van der Waals surface area contributed by atoms with Crippen molar-refractivity contribution in [1.29, 1.82) is 0 Å². The fraction of sp³-hybridized carbons (Fsp3) is 0. The molecule has 0 unspecified atom stereocenters. The third-order valence-electron chi connectivity index (χ3n) is 8.78. The number of rotatable bonds is 13. The zero-order valence-electron chi connectivity index (χ0n) is 32.1. The average molecular weight is 969 g/mol. The predicted octanol–water partition coefficient (Wildman–Crippen LogP) is 7.60. The van der Waals surface area contributed by atoms with Gasteiger partial charge in [0.1, 0.15) is 36.6 Å². The van der Waals surface area contributed by atoms with E-state index in [4.69, 9.17) is 17.2 Å². The molecule has 6 aromatic carbocycles. The van der Waals surface area contributed by atoms with Crippen molar-refractivity contribution in [2.24, 2.45) is 30.7 Å². The van der Waals surface area contributed by atoms with Crippen molar-refractivity contribution in [2.75, 3.05) is 17.2 Å². The van der Waals surface area contributed by atoms with Crippen molar-refractivity contribution in [3.05, 3.63) is 112 Å². The molecule has 25 nitrogen and oxygen atoms in total. The number of benzene rings is 6. The first-order valence-electron chi connectivity index (χ1n) is 17.4. The fourth-order valence-corrected chi connectivity index (χ4v) is 8.54. The van der Waals surface area contributed by atoms with Gasteiger partial charge in [-0.1, -0.05) is 24.3 Å². The van der Waals surface area contributed by atoms with E-state index in [2.05, 4.69) is 30.7 Å². The Labute approximate surface area is 366 Å². The number of fused-ring (bicyclic) bond motifs is 1. The molecule has 11 N–H and O–H groups in total. The van der Waals surface area contributed by atoms with Gasteiger partial charge in [-0.15, -0.1) is 15.3 Å². The predicted molar refractivity (Wildman–Crippen MR) is 232 cm³/mol. The Morgan fingerprint density at radius 2 is 0.969 bits per heavy atom. The number of phenols is 1. The van der Waals surface area contributed by atoms with E-state index in [0.29, 0.717) is 17.8 Å². The molecule has 0 saturated heterocycles. The van der Waals surface area contributed by atoms with E-state index in [9.17, 15) is 67.1 Å². The number of hydrogen-bond acceptors (Lipinski definition) is 20. The Hall–Kier alpha value is -7.64. The van der Waals surface area contributed by atoms with Crippen LogP contribution in [0.15, 0.2) is 141 Å². The number of non-ortho nitro benzene ring substituents is 1. The van der Waals surface area contributed by atoms with Gasteiger partial charge in [-0.05, 0) is 83.2 Å². The van der Waals surface area contributed by atoms with Crippen molar-refractivity contribution < 1.29 is 61.9 Å². The first kappa shape index (κ1) is 46.9. The van der Waals surface area contributed by atoms with Gasteiger partial charge in [-0.2, -0.15) is 49.0 Å². The highest BCUT2D eigenvalue weighted by Crippen LogP contribution is 2.48. The zero-order chi connectivity index (χ0) is 47.8. The van der Waals surface area contributed by atoms with Gasteiger partial charge in [0.2, 0.25) is 0 Å². The molecule has 0 heterocycles. The number of nitro groups is 1. The summed E-state index contributed by atoms with van der Waals surface area (Å²) in [6.07, 6.45) is 2.10. The number of nitrogens with two attached hydrogens (primary N) is 3. The largest absolute Gasteiger partial charge is 0.505 e. The number of nitro benzene ring substituents is 1. The van der Waals surface area contributed by atoms with Crippen LogP contribution in [0.4, 0.5) is 56.9 Å². The normalized spacial score (nSPS) is 12.9. The van der Waals surface area contributed by atoms with E-state index in [1.54, 1.807) is 0 Å². The standard InChI is InChI=1S/C36H28N10O15S4/c37-21-5-12-27(26(38)15-21)43-41-23-6-3-18(28(16-23)62(50,51)52)1-2-19-4-7-24(17-29(19)63(53,54)55)42-45-35-31(65(59,60)61)14-20-13-30(64(56,57)58)34(33(39)32(20)36(35)47)44-40-22-8-10-25(11-9-22)46(48)49/h1-17,47H,37-39H2,(H,50,51,52)(H,53,54,55)(H,56,57,58)(H,59,60,61). The van der Waals surface area contributed by atoms with Gasteiger partial charge in [-0.3, -0.25) is 28.3 Å². The quantitative estimate of drug-likeness (QED) is 0.0138. The monoisotopic (exact) mass is 968 g/mol. The molecule has 6 rings (SSSR count). The Morgan fingerprint density at radius 3 is 1.45 bits per heavy atom. The lowest BCUT2D eigenvalue weighted by Crippen LogP contribution is -2.03. The average Bonchev–Trinajstić information content (AvgIpc) is 3.20. The van der Waals surface area contributed by atoms with Crippen LogP contribution in [0, 0.1) is 10.1 Å². The Bertz CT molecular complexity index is 3570. The zero-order valence-corrected chi connectivity index (χ0v) is 35.4. The molecule has 0 saturated carbocycles. The fourth-order valence-electron chi connectivity index (χ4n) is 5.81. The van der Waals surface area contributed by atoms with Gasteiger partial charge >= 0.3 is 0 Å². The maximum atomic E-state index is 12.5. The molecule has 0 atom stereocenters. The maximum Gasteiger partial charge on any atom is 0.296 e. The van der Waals surface area contributed by atoms with Gasteiger partial charge in [-0.25, -0.2) is 0 Å². The third kappa shape index (κ3) is 10.6. The van der Waals surface area contributed by atoms with Gasteiger partial charge in [0, 0.05) is 17.8 Å². The Kier molecular flexibility index (Phi) is 12.6. The summed E-state index contributed by atoms with van der Waals surface area (Å²) in [5.41, 5.74) is 14.5. The summed E-state index contributed by atoms with van der Waals surface area (Å²) in [6, 6.07) is 16.3. The minimum atomic E-state index is -5.37. The lowest BCUT2D eigenvalue weighted by molar-refractivity contribution is -0.384. The van der Waals surface area contributed by atoms with Gasteiger partial charge in [0.25, 0.3) is 46.2 Å². The maximum absolute atomic E-state index is 12.5. The highest BCUT2D eigenvalue weighted by atomic mass is 32.2. The van der Waals surface area contributed by atoms with E-state index in [1.807, 2.05) is 0 Å². The summed E-state index contributed by atoms with van der Waals surface area (Å²) < 4.78 is 140. The van der Waals surface area contributed by atoms with Crippen LogP contribution in [-0.2, 0) is 40.5 Å². The van der Waals surface area contributed by atoms with Crippen LogP contribution < -0.4 is 17.2 Å². The van der Waals surface area contributed by atoms with E-state index < -0.39 is 104 Å². The molecule has 0 fully saturated rings. The number of anilines is 3. The number of nitrogen functional groups attached to an aromatic ring is 3. The van der Waals surface area contributed by atoms with Crippen molar-refractivity contribution in [3.8, 4) is 5.75 Å². The minimum Gasteiger partial charge on any atom is -0.505 e. The SMILES string of the molecule is Nc1ccc(N=Nc2ccc(C=Cc3ccc(N=Nc4c(S(=O)(=O)O)cc5cc(S(=O)(=O)O)c(N=Nc6ccc([N+](=O)[O-])cc6)c(N)c5c4O)cc3S(=O)(=O)O)c(S(=O)(=O)O)c2)c(N)c1. The van der Waals surface area contributed by atoms with Crippen LogP contribution in [0.2, 0.25) is 0 Å². The van der Waals surface area contributed by atoms with E-state index in [0.717, 1.165) is 60.7 Å². The van der Waals surface area contributed by atoms with Gasteiger partial charge in [0.15, 0.2) is 5.75 Å². The van der Waals surface area contributed by atoms with Gasteiger partial charge in [0.05, 0.1) is 38.7 Å². The second kappa shape index (κ2) is 17.5. The first-order chi connectivity index (χ1) is 30.2. The second-order valence-electron chi connectivity index (χ2n) is 13.2. The van der Waals surface area contributed by atoms with Crippen molar-refractivity contribution in [1.82, 2.24) is 0 Å². The van der Waals surface area contributed by atoms with Crippen LogP contribution in [0.25, 0.3) is 22.9 Å². The summed E-state index contributed by atoms with van der Waals surface area (Å²) in [5.74, 6) is -1.17. The molecule has 0 aromatic heterocycles. The first-order valence-corrected chi connectivity index (χ1v) is 23.1. The molecular weight excluding hydrogens is 941 g/mol. The lowest BCUT2D eigenvalue weighted by Gasteiger charge is -2.14. The highest BCUT2D eigenvalue weighted by molar-refractivity contribution is 7.86. The number of hydrogen-bond donors (Lipinski definition) is 8. The number of aromatic hydroxyl groups is 1. The minimum absolute atomic E-state index is 0.0508. The molecule has 0 aliphatic heterocycles. The van der Waals surface area contributed by atoms with Crippen LogP contribution in [0.1, 0.15) is 11.1 Å². The smallest absolute Gasteiger partial charge is 0.296 e. The van der Waals surface area contributed by atoms with Crippen LogP contribution in [0.5, 0.6) is 5.75 Å². The molecule has 0 aliphatic rings. The number of azo groups is 3. The van der Waals surface area contributed by atoms with Gasteiger partial charge < -0.3 is 22.3 Å². The highest BCUT2D eigenvalue weighted by Gasteiger charge is 2.28. The molecule has 336 valence electrons.